The Bertz CT molecular complexity index is 909. The molecule has 0 spiro atoms. The van der Waals surface area contributed by atoms with Crippen molar-refractivity contribution in [3.8, 4) is 5.75 Å². The molecular formula is C20H17ClFNO3S. The number of benzene rings is 2. The second-order valence-electron chi connectivity index (χ2n) is 6.17. The Morgan fingerprint density at radius 3 is 2.63 bits per heavy atom. The number of carbonyl (C=O) groups excluding carboxylic acids is 2. The minimum absolute atomic E-state index is 0.0298. The van der Waals surface area contributed by atoms with Gasteiger partial charge in [0.05, 0.1) is 17.6 Å². The van der Waals surface area contributed by atoms with Gasteiger partial charge in [0.15, 0.2) is 0 Å². The van der Waals surface area contributed by atoms with Crippen LogP contribution in [0.2, 0.25) is 5.02 Å². The lowest BCUT2D eigenvalue weighted by molar-refractivity contribution is -0.123. The SMILES string of the molecule is CC(C)Oc1ccccc1/C=C1\SC(=O)N(Cc2c(F)cccc2Cl)C1=O. The summed E-state index contributed by atoms with van der Waals surface area (Å²) in [7, 11) is 0. The molecule has 0 N–H and O–H groups in total. The van der Waals surface area contributed by atoms with Crippen LogP contribution >= 0.6 is 23.4 Å². The van der Waals surface area contributed by atoms with E-state index in [2.05, 4.69) is 0 Å². The maximum Gasteiger partial charge on any atom is 0.293 e. The van der Waals surface area contributed by atoms with Gasteiger partial charge in [-0.2, -0.15) is 0 Å². The minimum Gasteiger partial charge on any atom is -0.490 e. The summed E-state index contributed by atoms with van der Waals surface area (Å²) in [4.78, 5) is 26.2. The Balaban J connectivity index is 1.88. The Morgan fingerprint density at radius 2 is 1.93 bits per heavy atom. The van der Waals surface area contributed by atoms with E-state index in [0.29, 0.717) is 11.3 Å². The summed E-state index contributed by atoms with van der Waals surface area (Å²) in [5.74, 6) is -0.415. The first-order valence-corrected chi connectivity index (χ1v) is 9.50. The molecule has 3 rings (SSSR count). The van der Waals surface area contributed by atoms with Gasteiger partial charge in [-0.3, -0.25) is 14.5 Å². The zero-order chi connectivity index (χ0) is 19.6. The summed E-state index contributed by atoms with van der Waals surface area (Å²) in [6.45, 7) is 3.60. The summed E-state index contributed by atoms with van der Waals surface area (Å²) in [5.41, 5.74) is 0.812. The van der Waals surface area contributed by atoms with Crippen molar-refractivity contribution in [2.24, 2.45) is 0 Å². The van der Waals surface area contributed by atoms with Crippen molar-refractivity contribution in [2.45, 2.75) is 26.5 Å². The molecule has 0 unspecified atom stereocenters. The lowest BCUT2D eigenvalue weighted by atomic mass is 10.1. The Hall–Kier alpha value is -2.31. The van der Waals surface area contributed by atoms with E-state index >= 15 is 0 Å². The molecule has 4 nitrogen and oxygen atoms in total. The summed E-state index contributed by atoms with van der Waals surface area (Å²) in [5, 5.41) is -0.290. The maximum absolute atomic E-state index is 14.0. The number of para-hydroxylation sites is 1. The van der Waals surface area contributed by atoms with Crippen LogP contribution in [0.5, 0.6) is 5.75 Å². The second-order valence-corrected chi connectivity index (χ2v) is 7.57. The van der Waals surface area contributed by atoms with Crippen molar-refractivity contribution in [2.75, 3.05) is 0 Å². The molecule has 2 amide bonds. The van der Waals surface area contributed by atoms with Gasteiger partial charge in [-0.15, -0.1) is 0 Å². The molecule has 1 heterocycles. The van der Waals surface area contributed by atoms with Crippen LogP contribution in [0.4, 0.5) is 9.18 Å². The molecule has 140 valence electrons. The Morgan fingerprint density at radius 1 is 1.19 bits per heavy atom. The van der Waals surface area contributed by atoms with Gasteiger partial charge in [-0.25, -0.2) is 4.39 Å². The van der Waals surface area contributed by atoms with Crippen LogP contribution in [0.1, 0.15) is 25.0 Å². The molecule has 0 aromatic heterocycles. The molecule has 2 aromatic rings. The van der Waals surface area contributed by atoms with Crippen LogP contribution in [0.3, 0.4) is 0 Å². The zero-order valence-corrected chi connectivity index (χ0v) is 16.3. The van der Waals surface area contributed by atoms with Crippen LogP contribution in [0, 0.1) is 5.82 Å². The van der Waals surface area contributed by atoms with Crippen LogP contribution in [0.25, 0.3) is 6.08 Å². The van der Waals surface area contributed by atoms with E-state index in [1.165, 1.54) is 18.2 Å². The molecule has 1 aliphatic rings. The first-order chi connectivity index (χ1) is 12.9. The first-order valence-electron chi connectivity index (χ1n) is 8.30. The predicted octanol–water partition coefficient (Wildman–Crippen LogP) is 5.50. The van der Waals surface area contributed by atoms with Gasteiger partial charge < -0.3 is 4.74 Å². The molecule has 0 radical (unpaired) electrons. The van der Waals surface area contributed by atoms with E-state index in [1.54, 1.807) is 18.2 Å². The van der Waals surface area contributed by atoms with E-state index < -0.39 is 17.0 Å². The second kappa shape index (κ2) is 8.15. The van der Waals surface area contributed by atoms with Gasteiger partial charge in [0.2, 0.25) is 0 Å². The Labute approximate surface area is 166 Å². The number of thioether (sulfide) groups is 1. The summed E-state index contributed by atoms with van der Waals surface area (Å²) in [6.07, 6.45) is 1.59. The van der Waals surface area contributed by atoms with Crippen molar-refractivity contribution in [3.05, 3.63) is 69.3 Å². The fourth-order valence-electron chi connectivity index (χ4n) is 2.58. The average Bonchev–Trinajstić information content (AvgIpc) is 2.86. The van der Waals surface area contributed by atoms with Gasteiger partial charge >= 0.3 is 0 Å². The van der Waals surface area contributed by atoms with Gasteiger partial charge in [0.1, 0.15) is 11.6 Å². The molecule has 0 saturated carbocycles. The normalized spacial score (nSPS) is 15.9. The number of hydrogen-bond acceptors (Lipinski definition) is 4. The van der Waals surface area contributed by atoms with Crippen molar-refractivity contribution in [3.63, 3.8) is 0 Å². The van der Waals surface area contributed by atoms with Crippen LogP contribution in [-0.2, 0) is 11.3 Å². The maximum atomic E-state index is 14.0. The summed E-state index contributed by atoms with van der Waals surface area (Å²) < 4.78 is 19.7. The van der Waals surface area contributed by atoms with E-state index in [1.807, 2.05) is 26.0 Å². The first kappa shape index (κ1) is 19.5. The molecule has 0 bridgehead atoms. The van der Waals surface area contributed by atoms with Crippen LogP contribution < -0.4 is 4.74 Å². The molecule has 2 aromatic carbocycles. The summed E-state index contributed by atoms with van der Waals surface area (Å²) in [6, 6.07) is 11.5. The lowest BCUT2D eigenvalue weighted by Crippen LogP contribution is -2.28. The van der Waals surface area contributed by atoms with Crippen molar-refractivity contribution >= 4 is 40.6 Å². The molecule has 1 saturated heterocycles. The van der Waals surface area contributed by atoms with E-state index in [-0.39, 0.29) is 28.1 Å². The predicted molar refractivity (Wildman–Crippen MR) is 105 cm³/mol. The number of amides is 2. The highest BCUT2D eigenvalue weighted by Gasteiger charge is 2.36. The number of nitrogens with zero attached hydrogens (tertiary/aromatic N) is 1. The smallest absolute Gasteiger partial charge is 0.293 e. The van der Waals surface area contributed by atoms with E-state index in [0.717, 1.165) is 16.7 Å². The van der Waals surface area contributed by atoms with Crippen LogP contribution in [-0.4, -0.2) is 22.2 Å². The number of halogens is 2. The van der Waals surface area contributed by atoms with Gasteiger partial charge in [0, 0.05) is 16.1 Å². The van der Waals surface area contributed by atoms with Crippen molar-refractivity contribution in [1.82, 2.24) is 4.90 Å². The quantitative estimate of drug-likeness (QED) is 0.616. The zero-order valence-electron chi connectivity index (χ0n) is 14.7. The largest absolute Gasteiger partial charge is 0.490 e. The third kappa shape index (κ3) is 4.34. The third-order valence-corrected chi connectivity index (χ3v) is 5.08. The van der Waals surface area contributed by atoms with E-state index in [9.17, 15) is 14.0 Å². The fourth-order valence-corrected chi connectivity index (χ4v) is 3.63. The molecule has 27 heavy (non-hydrogen) atoms. The molecule has 0 atom stereocenters. The number of carbonyl (C=O) groups is 2. The highest BCUT2D eigenvalue weighted by atomic mass is 35.5. The molecule has 1 aliphatic heterocycles. The van der Waals surface area contributed by atoms with Gasteiger partial charge in [0.25, 0.3) is 11.1 Å². The highest BCUT2D eigenvalue weighted by Crippen LogP contribution is 2.36. The Kier molecular flexibility index (Phi) is 5.87. The summed E-state index contributed by atoms with van der Waals surface area (Å²) >= 11 is 6.82. The average molecular weight is 406 g/mol. The van der Waals surface area contributed by atoms with Crippen LogP contribution in [0.15, 0.2) is 47.4 Å². The van der Waals surface area contributed by atoms with Gasteiger partial charge in [-0.05, 0) is 49.9 Å². The molecule has 0 aliphatic carbocycles. The molecular weight excluding hydrogens is 389 g/mol. The lowest BCUT2D eigenvalue weighted by Gasteiger charge is -2.14. The van der Waals surface area contributed by atoms with E-state index in [4.69, 9.17) is 16.3 Å². The molecule has 7 heteroatoms. The highest BCUT2D eigenvalue weighted by molar-refractivity contribution is 8.18. The van der Waals surface area contributed by atoms with Crippen molar-refractivity contribution in [1.29, 1.82) is 0 Å². The van der Waals surface area contributed by atoms with Crippen molar-refractivity contribution < 1.29 is 18.7 Å². The standard InChI is InChI=1S/C20H17ClFNO3S/c1-12(2)26-17-9-4-3-6-13(17)10-18-19(24)23(20(25)27-18)11-14-15(21)7-5-8-16(14)22/h3-10,12H,11H2,1-2H3/b18-10-. The number of imide groups is 1. The minimum atomic E-state index is -0.554. The number of rotatable bonds is 5. The topological polar surface area (TPSA) is 46.6 Å². The number of hydrogen-bond donors (Lipinski definition) is 0. The third-order valence-electron chi connectivity index (χ3n) is 3.82. The fraction of sp³-hybridized carbons (Fsp3) is 0.200. The number of ether oxygens (including phenoxy) is 1. The monoisotopic (exact) mass is 405 g/mol. The van der Waals surface area contributed by atoms with Gasteiger partial charge in [-0.1, -0.05) is 35.9 Å². The molecule has 1 fully saturated rings.